The summed E-state index contributed by atoms with van der Waals surface area (Å²) in [7, 11) is 2.07. The van der Waals surface area contributed by atoms with Crippen LogP contribution in [0.4, 0.5) is 0 Å². The molecule has 0 radical (unpaired) electrons. The molecule has 0 saturated heterocycles. The number of hydrogen-bond donors (Lipinski definition) is 1. The Labute approximate surface area is 104 Å². The van der Waals surface area contributed by atoms with Gasteiger partial charge in [-0.1, -0.05) is 0 Å². The van der Waals surface area contributed by atoms with E-state index in [0.717, 1.165) is 30.7 Å². The van der Waals surface area contributed by atoms with Crippen molar-refractivity contribution in [1.29, 1.82) is 0 Å². The molecule has 2 saturated carbocycles. The van der Waals surface area contributed by atoms with Crippen molar-refractivity contribution >= 4 is 0 Å². The lowest BCUT2D eigenvalue weighted by Gasteiger charge is -2.16. The number of nitrogens with one attached hydrogen (secondary N) is 1. The standard InChI is InChI=1S/C14H23N3/c1-17-9-8-16-14(17)6-7-15-10-13(11-2-3-11)12-4-5-12/h8-9,11-13,15H,2-7,10H2,1H3. The van der Waals surface area contributed by atoms with E-state index < -0.39 is 0 Å². The second kappa shape index (κ2) is 4.81. The quantitative estimate of drug-likeness (QED) is 0.730. The molecule has 0 aliphatic heterocycles. The third-order valence-electron chi connectivity index (χ3n) is 4.28. The van der Waals surface area contributed by atoms with Crippen LogP contribution in [0.1, 0.15) is 31.5 Å². The van der Waals surface area contributed by atoms with Crippen LogP contribution in [0.3, 0.4) is 0 Å². The van der Waals surface area contributed by atoms with Gasteiger partial charge in [0.05, 0.1) is 0 Å². The zero-order valence-corrected chi connectivity index (χ0v) is 10.7. The number of hydrogen-bond acceptors (Lipinski definition) is 2. The molecule has 0 atom stereocenters. The highest BCUT2D eigenvalue weighted by Crippen LogP contribution is 2.48. The lowest BCUT2D eigenvalue weighted by atomic mass is 9.98. The number of aryl methyl sites for hydroxylation is 1. The van der Waals surface area contributed by atoms with Crippen LogP contribution in [0.25, 0.3) is 0 Å². The molecule has 0 aromatic carbocycles. The van der Waals surface area contributed by atoms with Crippen molar-refractivity contribution in [3.8, 4) is 0 Å². The molecule has 17 heavy (non-hydrogen) atoms. The minimum atomic E-state index is 0.983. The van der Waals surface area contributed by atoms with Crippen molar-refractivity contribution in [2.45, 2.75) is 32.1 Å². The van der Waals surface area contributed by atoms with E-state index in [1.165, 1.54) is 38.1 Å². The maximum atomic E-state index is 4.35. The fourth-order valence-electron chi connectivity index (χ4n) is 2.87. The summed E-state index contributed by atoms with van der Waals surface area (Å²) in [5.41, 5.74) is 0. The second-order valence-electron chi connectivity index (χ2n) is 5.75. The SMILES string of the molecule is Cn1ccnc1CCNCC(C1CC1)C1CC1. The summed E-state index contributed by atoms with van der Waals surface area (Å²) in [6, 6.07) is 0. The maximum absolute atomic E-state index is 4.35. The average Bonchev–Trinajstić information content (AvgIpc) is 3.21. The molecule has 1 N–H and O–H groups in total. The fraction of sp³-hybridized carbons (Fsp3) is 0.786. The van der Waals surface area contributed by atoms with E-state index in [-0.39, 0.29) is 0 Å². The van der Waals surface area contributed by atoms with E-state index >= 15 is 0 Å². The molecule has 1 aromatic heterocycles. The van der Waals surface area contributed by atoms with Crippen molar-refractivity contribution in [3.63, 3.8) is 0 Å². The van der Waals surface area contributed by atoms with Crippen molar-refractivity contribution in [1.82, 2.24) is 14.9 Å². The molecule has 0 bridgehead atoms. The Hall–Kier alpha value is -0.830. The Bertz CT molecular complexity index is 351. The van der Waals surface area contributed by atoms with Gasteiger partial charge < -0.3 is 9.88 Å². The van der Waals surface area contributed by atoms with Crippen LogP contribution in [0.5, 0.6) is 0 Å². The molecule has 2 aliphatic rings. The van der Waals surface area contributed by atoms with Gasteiger partial charge in [0.2, 0.25) is 0 Å². The third kappa shape index (κ3) is 2.89. The van der Waals surface area contributed by atoms with Gasteiger partial charge in [0, 0.05) is 32.4 Å². The van der Waals surface area contributed by atoms with Gasteiger partial charge in [0.1, 0.15) is 5.82 Å². The molecular formula is C14H23N3. The van der Waals surface area contributed by atoms with Crippen molar-refractivity contribution < 1.29 is 0 Å². The van der Waals surface area contributed by atoms with Gasteiger partial charge in [-0.05, 0) is 50.0 Å². The van der Waals surface area contributed by atoms with Gasteiger partial charge >= 0.3 is 0 Å². The average molecular weight is 233 g/mol. The zero-order chi connectivity index (χ0) is 11.7. The molecule has 3 nitrogen and oxygen atoms in total. The summed E-state index contributed by atoms with van der Waals surface area (Å²) in [6.07, 6.45) is 10.9. The van der Waals surface area contributed by atoms with Gasteiger partial charge in [0.15, 0.2) is 0 Å². The number of imidazole rings is 1. The Kier molecular flexibility index (Phi) is 3.19. The first-order chi connectivity index (χ1) is 8.34. The molecule has 1 aromatic rings. The minimum Gasteiger partial charge on any atom is -0.338 e. The Morgan fingerprint density at radius 2 is 2.06 bits per heavy atom. The predicted molar refractivity (Wildman–Crippen MR) is 68.7 cm³/mol. The zero-order valence-electron chi connectivity index (χ0n) is 10.7. The number of aromatic nitrogens is 2. The Morgan fingerprint density at radius 1 is 1.35 bits per heavy atom. The predicted octanol–water partition coefficient (Wildman–Crippen LogP) is 1.99. The Morgan fingerprint density at radius 3 is 2.59 bits per heavy atom. The number of rotatable bonds is 7. The molecule has 3 heteroatoms. The van der Waals surface area contributed by atoms with Gasteiger partial charge in [-0.15, -0.1) is 0 Å². The van der Waals surface area contributed by atoms with Gasteiger partial charge in [-0.3, -0.25) is 0 Å². The largest absolute Gasteiger partial charge is 0.338 e. The second-order valence-corrected chi connectivity index (χ2v) is 5.75. The van der Waals surface area contributed by atoms with Crippen LogP contribution in [0.15, 0.2) is 12.4 Å². The fourth-order valence-corrected chi connectivity index (χ4v) is 2.87. The summed E-state index contributed by atoms with van der Waals surface area (Å²) in [5, 5.41) is 3.64. The molecule has 2 aliphatic carbocycles. The van der Waals surface area contributed by atoms with E-state index in [1.807, 2.05) is 12.4 Å². The van der Waals surface area contributed by atoms with Gasteiger partial charge in [-0.2, -0.15) is 0 Å². The van der Waals surface area contributed by atoms with E-state index in [2.05, 4.69) is 21.9 Å². The van der Waals surface area contributed by atoms with Crippen LogP contribution >= 0.6 is 0 Å². The summed E-state index contributed by atoms with van der Waals surface area (Å²) < 4.78 is 2.11. The maximum Gasteiger partial charge on any atom is 0.109 e. The lowest BCUT2D eigenvalue weighted by Crippen LogP contribution is -2.27. The van der Waals surface area contributed by atoms with E-state index in [9.17, 15) is 0 Å². The van der Waals surface area contributed by atoms with Crippen LogP contribution in [0, 0.1) is 17.8 Å². The molecule has 0 spiro atoms. The molecule has 0 unspecified atom stereocenters. The summed E-state index contributed by atoms with van der Waals surface area (Å²) in [4.78, 5) is 4.35. The number of nitrogens with zero attached hydrogens (tertiary/aromatic N) is 2. The first-order valence-corrected chi connectivity index (χ1v) is 7.01. The summed E-state index contributed by atoms with van der Waals surface area (Å²) in [5.74, 6) is 4.29. The smallest absolute Gasteiger partial charge is 0.109 e. The van der Waals surface area contributed by atoms with Crippen LogP contribution in [-0.4, -0.2) is 22.6 Å². The monoisotopic (exact) mass is 233 g/mol. The molecule has 1 heterocycles. The Balaban J connectivity index is 1.38. The highest BCUT2D eigenvalue weighted by molar-refractivity contribution is 4.94. The lowest BCUT2D eigenvalue weighted by molar-refractivity contribution is 0.379. The highest BCUT2D eigenvalue weighted by Gasteiger charge is 2.40. The van der Waals surface area contributed by atoms with Gasteiger partial charge in [0.25, 0.3) is 0 Å². The van der Waals surface area contributed by atoms with E-state index in [1.54, 1.807) is 0 Å². The molecular weight excluding hydrogens is 210 g/mol. The van der Waals surface area contributed by atoms with Crippen LogP contribution < -0.4 is 5.32 Å². The minimum absolute atomic E-state index is 0.983. The van der Waals surface area contributed by atoms with Crippen molar-refractivity contribution in [3.05, 3.63) is 18.2 Å². The third-order valence-corrected chi connectivity index (χ3v) is 4.28. The molecule has 3 rings (SSSR count). The van der Waals surface area contributed by atoms with E-state index in [0.29, 0.717) is 0 Å². The first-order valence-electron chi connectivity index (χ1n) is 7.01. The molecule has 0 amide bonds. The van der Waals surface area contributed by atoms with Crippen molar-refractivity contribution in [2.75, 3.05) is 13.1 Å². The summed E-state index contributed by atoms with van der Waals surface area (Å²) >= 11 is 0. The van der Waals surface area contributed by atoms with Gasteiger partial charge in [-0.25, -0.2) is 4.98 Å². The van der Waals surface area contributed by atoms with Crippen LogP contribution in [-0.2, 0) is 13.5 Å². The summed E-state index contributed by atoms with van der Waals surface area (Å²) in [6.45, 7) is 2.31. The normalized spacial score (nSPS) is 20.1. The molecule has 2 fully saturated rings. The highest BCUT2D eigenvalue weighted by atomic mass is 15.0. The van der Waals surface area contributed by atoms with Crippen molar-refractivity contribution in [2.24, 2.45) is 24.8 Å². The van der Waals surface area contributed by atoms with E-state index in [4.69, 9.17) is 0 Å². The molecule has 94 valence electrons. The first kappa shape index (κ1) is 11.3. The topological polar surface area (TPSA) is 29.9 Å². The van der Waals surface area contributed by atoms with Crippen LogP contribution in [0.2, 0.25) is 0 Å².